The normalized spacial score (nSPS) is 19.5. The van der Waals surface area contributed by atoms with E-state index in [-0.39, 0.29) is 24.8 Å². The standard InChI is InChI=1S/C20H32N2.2ClH/c1-4-10-19(11-5-1)18-22(20-12-6-2-7-13-20)17-16-21-14-8-3-9-15-21;;/h1,4-5,10-11,20H,2-3,6-9,12-18H2;2*1H. The number of piperidine rings is 1. The van der Waals surface area contributed by atoms with E-state index in [2.05, 4.69) is 40.1 Å². The van der Waals surface area contributed by atoms with Crippen LogP contribution in [0.2, 0.25) is 0 Å². The van der Waals surface area contributed by atoms with Gasteiger partial charge < -0.3 is 4.90 Å². The molecule has 0 atom stereocenters. The minimum atomic E-state index is 0. The van der Waals surface area contributed by atoms with Crippen molar-refractivity contribution in [2.24, 2.45) is 0 Å². The van der Waals surface area contributed by atoms with E-state index in [4.69, 9.17) is 0 Å². The van der Waals surface area contributed by atoms with E-state index >= 15 is 0 Å². The Bertz CT molecular complexity index is 415. The molecule has 0 bridgehead atoms. The molecule has 1 saturated carbocycles. The van der Waals surface area contributed by atoms with E-state index in [1.165, 1.54) is 83.1 Å². The Balaban J connectivity index is 0.00000144. The van der Waals surface area contributed by atoms with Crippen molar-refractivity contribution in [3.63, 3.8) is 0 Å². The molecule has 1 aliphatic heterocycles. The van der Waals surface area contributed by atoms with Crippen molar-refractivity contribution < 1.29 is 0 Å². The summed E-state index contributed by atoms with van der Waals surface area (Å²) >= 11 is 0. The van der Waals surface area contributed by atoms with E-state index in [1.807, 2.05) is 0 Å². The molecule has 4 heteroatoms. The molecule has 0 amide bonds. The van der Waals surface area contributed by atoms with E-state index in [0.29, 0.717) is 0 Å². The van der Waals surface area contributed by atoms with Gasteiger partial charge in [0.25, 0.3) is 0 Å². The molecule has 2 aliphatic rings. The lowest BCUT2D eigenvalue weighted by Crippen LogP contribution is -2.42. The first-order chi connectivity index (χ1) is 10.9. The second-order valence-corrected chi connectivity index (χ2v) is 7.15. The summed E-state index contributed by atoms with van der Waals surface area (Å²) in [5.41, 5.74) is 1.48. The minimum absolute atomic E-state index is 0. The predicted molar refractivity (Wildman–Crippen MR) is 109 cm³/mol. The molecule has 0 unspecified atom stereocenters. The van der Waals surface area contributed by atoms with Crippen molar-refractivity contribution in [2.75, 3.05) is 26.2 Å². The molecular formula is C20H34Cl2N2. The molecule has 0 spiro atoms. The van der Waals surface area contributed by atoms with Crippen LogP contribution in [0.25, 0.3) is 0 Å². The maximum absolute atomic E-state index is 2.78. The maximum atomic E-state index is 2.78. The molecule has 0 N–H and O–H groups in total. The lowest BCUT2D eigenvalue weighted by molar-refractivity contribution is 0.118. The molecule has 1 saturated heterocycles. The van der Waals surface area contributed by atoms with Gasteiger partial charge in [0.2, 0.25) is 0 Å². The second-order valence-electron chi connectivity index (χ2n) is 7.15. The Hall–Kier alpha value is -0.280. The Kier molecular flexibility index (Phi) is 11.0. The molecule has 138 valence electrons. The van der Waals surface area contributed by atoms with Gasteiger partial charge in [-0.25, -0.2) is 0 Å². The molecule has 3 rings (SSSR count). The molecule has 2 fully saturated rings. The summed E-state index contributed by atoms with van der Waals surface area (Å²) in [7, 11) is 0. The Labute approximate surface area is 160 Å². The van der Waals surface area contributed by atoms with Crippen molar-refractivity contribution >= 4 is 24.8 Å². The van der Waals surface area contributed by atoms with Crippen LogP contribution in [0.4, 0.5) is 0 Å². The van der Waals surface area contributed by atoms with Gasteiger partial charge in [-0.15, -0.1) is 24.8 Å². The largest absolute Gasteiger partial charge is 0.302 e. The summed E-state index contributed by atoms with van der Waals surface area (Å²) in [4.78, 5) is 5.47. The van der Waals surface area contributed by atoms with Gasteiger partial charge in [-0.1, -0.05) is 56.0 Å². The fourth-order valence-corrected chi connectivity index (χ4v) is 4.11. The van der Waals surface area contributed by atoms with Gasteiger partial charge in [0.1, 0.15) is 0 Å². The Morgan fingerprint density at radius 1 is 0.833 bits per heavy atom. The molecule has 1 heterocycles. The summed E-state index contributed by atoms with van der Waals surface area (Å²) in [6.45, 7) is 6.30. The lowest BCUT2D eigenvalue weighted by Gasteiger charge is -2.36. The van der Waals surface area contributed by atoms with E-state index in [0.717, 1.165) is 12.6 Å². The number of nitrogens with zero attached hydrogens (tertiary/aromatic N) is 2. The number of benzene rings is 1. The molecule has 1 aromatic carbocycles. The van der Waals surface area contributed by atoms with Crippen LogP contribution < -0.4 is 0 Å². The predicted octanol–water partition coefficient (Wildman–Crippen LogP) is 5.15. The molecule has 1 aliphatic carbocycles. The van der Waals surface area contributed by atoms with Crippen LogP contribution in [-0.4, -0.2) is 42.0 Å². The van der Waals surface area contributed by atoms with Crippen molar-refractivity contribution in [1.29, 1.82) is 0 Å². The van der Waals surface area contributed by atoms with Crippen molar-refractivity contribution in [1.82, 2.24) is 9.80 Å². The summed E-state index contributed by atoms with van der Waals surface area (Å²) in [5.74, 6) is 0. The summed E-state index contributed by atoms with van der Waals surface area (Å²) in [6, 6.07) is 11.9. The highest BCUT2D eigenvalue weighted by Crippen LogP contribution is 2.24. The van der Waals surface area contributed by atoms with Gasteiger partial charge in [-0.2, -0.15) is 0 Å². The first-order valence-corrected chi connectivity index (χ1v) is 9.42. The lowest BCUT2D eigenvalue weighted by atomic mass is 9.93. The van der Waals surface area contributed by atoms with Crippen LogP contribution in [0, 0.1) is 0 Å². The summed E-state index contributed by atoms with van der Waals surface area (Å²) < 4.78 is 0. The average molecular weight is 373 g/mol. The third-order valence-corrected chi connectivity index (χ3v) is 5.47. The first kappa shape index (κ1) is 21.8. The summed E-state index contributed by atoms with van der Waals surface area (Å²) in [6.07, 6.45) is 11.4. The topological polar surface area (TPSA) is 6.48 Å². The van der Waals surface area contributed by atoms with Crippen molar-refractivity contribution in [2.45, 2.75) is 64.0 Å². The number of hydrogen-bond acceptors (Lipinski definition) is 2. The number of likely N-dealkylation sites (tertiary alicyclic amines) is 1. The smallest absolute Gasteiger partial charge is 0.0237 e. The summed E-state index contributed by atoms with van der Waals surface area (Å²) in [5, 5.41) is 0. The Morgan fingerprint density at radius 2 is 1.46 bits per heavy atom. The zero-order chi connectivity index (χ0) is 15.0. The second kappa shape index (κ2) is 12.1. The highest BCUT2D eigenvalue weighted by Gasteiger charge is 2.22. The maximum Gasteiger partial charge on any atom is 0.0237 e. The number of rotatable bonds is 6. The number of halogens is 2. The monoisotopic (exact) mass is 372 g/mol. The van der Waals surface area contributed by atoms with Gasteiger partial charge in [0.15, 0.2) is 0 Å². The van der Waals surface area contributed by atoms with Crippen LogP contribution in [0.15, 0.2) is 30.3 Å². The first-order valence-electron chi connectivity index (χ1n) is 9.42. The zero-order valence-electron chi connectivity index (χ0n) is 14.9. The van der Waals surface area contributed by atoms with Crippen LogP contribution in [0.5, 0.6) is 0 Å². The van der Waals surface area contributed by atoms with Crippen LogP contribution in [0.3, 0.4) is 0 Å². The van der Waals surface area contributed by atoms with Crippen LogP contribution in [-0.2, 0) is 6.54 Å². The third kappa shape index (κ3) is 6.92. The van der Waals surface area contributed by atoms with Gasteiger partial charge >= 0.3 is 0 Å². The quantitative estimate of drug-likeness (QED) is 0.680. The SMILES string of the molecule is Cl.Cl.c1ccc(CN(CCN2CCCCC2)C2CCCCC2)cc1. The van der Waals surface area contributed by atoms with Crippen LogP contribution >= 0.6 is 24.8 Å². The molecule has 0 aromatic heterocycles. The molecule has 2 nitrogen and oxygen atoms in total. The van der Waals surface area contributed by atoms with Gasteiger partial charge in [-0.3, -0.25) is 4.90 Å². The molecule has 0 radical (unpaired) electrons. The zero-order valence-corrected chi connectivity index (χ0v) is 16.5. The van der Waals surface area contributed by atoms with Crippen molar-refractivity contribution in [3.05, 3.63) is 35.9 Å². The average Bonchev–Trinajstić information content (AvgIpc) is 2.61. The highest BCUT2D eigenvalue weighted by molar-refractivity contribution is 5.85. The van der Waals surface area contributed by atoms with E-state index < -0.39 is 0 Å². The molecule has 1 aromatic rings. The van der Waals surface area contributed by atoms with E-state index in [1.54, 1.807) is 0 Å². The van der Waals surface area contributed by atoms with Gasteiger partial charge in [-0.05, 0) is 44.3 Å². The fourth-order valence-electron chi connectivity index (χ4n) is 4.11. The van der Waals surface area contributed by atoms with Gasteiger partial charge in [0, 0.05) is 25.7 Å². The van der Waals surface area contributed by atoms with Gasteiger partial charge in [0.05, 0.1) is 0 Å². The minimum Gasteiger partial charge on any atom is -0.302 e. The molecule has 24 heavy (non-hydrogen) atoms. The highest BCUT2D eigenvalue weighted by atomic mass is 35.5. The molecular weight excluding hydrogens is 339 g/mol. The van der Waals surface area contributed by atoms with E-state index in [9.17, 15) is 0 Å². The fraction of sp³-hybridized carbons (Fsp3) is 0.700. The Morgan fingerprint density at radius 3 is 2.12 bits per heavy atom. The third-order valence-electron chi connectivity index (χ3n) is 5.47. The van der Waals surface area contributed by atoms with Crippen molar-refractivity contribution in [3.8, 4) is 0 Å². The number of hydrogen-bond donors (Lipinski definition) is 0. The van der Waals surface area contributed by atoms with Crippen LogP contribution in [0.1, 0.15) is 56.9 Å².